The van der Waals surface area contributed by atoms with Gasteiger partial charge in [-0.25, -0.2) is 4.99 Å². The summed E-state index contributed by atoms with van der Waals surface area (Å²) in [6, 6.07) is 8.07. The highest BCUT2D eigenvalue weighted by molar-refractivity contribution is 8.13. The number of rotatable bonds is 0. The van der Waals surface area contributed by atoms with Crippen molar-refractivity contribution in [1.82, 2.24) is 0 Å². The highest BCUT2D eigenvalue weighted by Gasteiger charge is 2.08. The highest BCUT2D eigenvalue weighted by atomic mass is 35.5. The molecule has 1 aliphatic heterocycles. The number of hydrogen-bond acceptors (Lipinski definition) is 3. The van der Waals surface area contributed by atoms with Gasteiger partial charge in [-0.2, -0.15) is 0 Å². The normalized spacial score (nSPS) is 19.3. The van der Waals surface area contributed by atoms with Gasteiger partial charge in [-0.1, -0.05) is 41.6 Å². The second-order valence-electron chi connectivity index (χ2n) is 2.99. The second kappa shape index (κ2) is 5.10. The number of para-hydroxylation sites is 1. The molecular weight excluding hydrogens is 246 g/mol. The van der Waals surface area contributed by atoms with Gasteiger partial charge in [0.2, 0.25) is 0 Å². The Labute approximate surface area is 103 Å². The van der Waals surface area contributed by atoms with Crippen LogP contribution in [0.3, 0.4) is 0 Å². The summed E-state index contributed by atoms with van der Waals surface area (Å²) in [5, 5.41) is 1.10. The molecule has 0 aromatic heterocycles. The lowest BCUT2D eigenvalue weighted by molar-refractivity contribution is 1.35. The van der Waals surface area contributed by atoms with Crippen LogP contribution in [-0.2, 0) is 0 Å². The first-order valence-corrected chi connectivity index (χ1v) is 6.95. The number of nitrogens with zero attached hydrogens (tertiary/aromatic N) is 1. The van der Waals surface area contributed by atoms with Crippen molar-refractivity contribution < 1.29 is 0 Å². The molecule has 0 atom stereocenters. The van der Waals surface area contributed by atoms with Crippen LogP contribution in [0, 0.1) is 0 Å². The minimum Gasteiger partial charge on any atom is -0.245 e. The summed E-state index contributed by atoms with van der Waals surface area (Å²) in [4.78, 5) is 5.72. The Balaban J connectivity index is 2.47. The molecule has 0 fully saturated rings. The number of fused-ring (bicyclic) bond motifs is 1. The fourth-order valence-electron chi connectivity index (χ4n) is 1.26. The fraction of sp³-hybridized carbons (Fsp3) is 0.182. The Morgan fingerprint density at radius 2 is 2.20 bits per heavy atom. The van der Waals surface area contributed by atoms with Crippen LogP contribution in [0.15, 0.2) is 44.6 Å². The van der Waals surface area contributed by atoms with Gasteiger partial charge in [-0.3, -0.25) is 0 Å². The van der Waals surface area contributed by atoms with E-state index >= 15 is 0 Å². The van der Waals surface area contributed by atoms with E-state index in [4.69, 9.17) is 11.6 Å². The van der Waals surface area contributed by atoms with E-state index in [-0.39, 0.29) is 0 Å². The predicted octanol–water partition coefficient (Wildman–Crippen LogP) is 4.66. The molecule has 1 aliphatic rings. The van der Waals surface area contributed by atoms with Crippen molar-refractivity contribution in [3.05, 3.63) is 34.7 Å². The quantitative estimate of drug-likeness (QED) is 0.669. The van der Waals surface area contributed by atoms with Crippen molar-refractivity contribution in [3.8, 4) is 0 Å². The smallest absolute Gasteiger partial charge is 0.0779 e. The van der Waals surface area contributed by atoms with E-state index in [2.05, 4.69) is 4.99 Å². The summed E-state index contributed by atoms with van der Waals surface area (Å²) in [7, 11) is 0. The SMILES string of the molecule is CSC1=Nc2ccccc2S/C(Cl)=C\C1. The molecule has 78 valence electrons. The minimum absolute atomic E-state index is 0.821. The van der Waals surface area contributed by atoms with Gasteiger partial charge in [0.1, 0.15) is 0 Å². The maximum Gasteiger partial charge on any atom is 0.0779 e. The third-order valence-corrected chi connectivity index (χ3v) is 4.03. The molecule has 4 heteroatoms. The van der Waals surface area contributed by atoms with Gasteiger partial charge in [0.25, 0.3) is 0 Å². The van der Waals surface area contributed by atoms with Crippen molar-refractivity contribution in [1.29, 1.82) is 0 Å². The molecule has 0 N–H and O–H groups in total. The summed E-state index contributed by atoms with van der Waals surface area (Å²) in [6.07, 6.45) is 4.87. The van der Waals surface area contributed by atoms with Crippen LogP contribution in [0.25, 0.3) is 0 Å². The highest BCUT2D eigenvalue weighted by Crippen LogP contribution is 2.38. The van der Waals surface area contributed by atoms with Crippen molar-refractivity contribution in [2.24, 2.45) is 4.99 Å². The van der Waals surface area contributed by atoms with Crippen molar-refractivity contribution in [3.63, 3.8) is 0 Å². The van der Waals surface area contributed by atoms with Crippen LogP contribution >= 0.6 is 35.1 Å². The zero-order valence-corrected chi connectivity index (χ0v) is 10.6. The molecule has 1 aromatic rings. The maximum absolute atomic E-state index is 6.10. The molecular formula is C11H10ClNS2. The maximum atomic E-state index is 6.10. The van der Waals surface area contributed by atoms with Crippen LogP contribution in [0.2, 0.25) is 0 Å². The van der Waals surface area contributed by atoms with E-state index < -0.39 is 0 Å². The molecule has 1 heterocycles. The van der Waals surface area contributed by atoms with E-state index in [1.165, 1.54) is 0 Å². The molecule has 0 aliphatic carbocycles. The summed E-state index contributed by atoms with van der Waals surface area (Å²) in [5.74, 6) is 0. The van der Waals surface area contributed by atoms with E-state index in [0.717, 1.165) is 26.4 Å². The van der Waals surface area contributed by atoms with Crippen LogP contribution < -0.4 is 0 Å². The van der Waals surface area contributed by atoms with E-state index in [1.807, 2.05) is 36.6 Å². The fourth-order valence-corrected chi connectivity index (χ4v) is 2.77. The lowest BCUT2D eigenvalue weighted by Gasteiger charge is -2.09. The average Bonchev–Trinajstić information content (AvgIpc) is 2.23. The largest absolute Gasteiger partial charge is 0.245 e. The van der Waals surface area contributed by atoms with Crippen LogP contribution in [0.1, 0.15) is 6.42 Å². The standard InChI is InChI=1S/C11H10ClNS2/c1-14-11-7-6-10(12)15-9-5-3-2-4-8(9)13-11/h2-6H,7H2,1H3/b10-6-,13-11?. The second-order valence-corrected chi connectivity index (χ2v) is 5.59. The molecule has 15 heavy (non-hydrogen) atoms. The molecule has 0 saturated heterocycles. The van der Waals surface area contributed by atoms with Gasteiger partial charge in [0, 0.05) is 11.3 Å². The van der Waals surface area contributed by atoms with Crippen molar-refractivity contribution in [2.75, 3.05) is 6.26 Å². The third kappa shape index (κ3) is 2.80. The number of benzene rings is 1. The van der Waals surface area contributed by atoms with Gasteiger partial charge in [0.15, 0.2) is 0 Å². The molecule has 0 bridgehead atoms. The lowest BCUT2D eigenvalue weighted by atomic mass is 10.3. The first-order valence-electron chi connectivity index (χ1n) is 4.53. The van der Waals surface area contributed by atoms with Crippen molar-refractivity contribution in [2.45, 2.75) is 11.3 Å². The molecule has 0 saturated carbocycles. The number of thioether (sulfide) groups is 2. The Morgan fingerprint density at radius 3 is 3.00 bits per heavy atom. The van der Waals surface area contributed by atoms with E-state index in [9.17, 15) is 0 Å². The predicted molar refractivity (Wildman–Crippen MR) is 71.5 cm³/mol. The molecule has 1 nitrogen and oxygen atoms in total. The monoisotopic (exact) mass is 255 g/mol. The summed E-state index contributed by atoms with van der Waals surface area (Å²) >= 11 is 9.34. The zero-order valence-electron chi connectivity index (χ0n) is 8.24. The number of allylic oxidation sites excluding steroid dienone is 1. The van der Waals surface area contributed by atoms with Gasteiger partial charge >= 0.3 is 0 Å². The van der Waals surface area contributed by atoms with Gasteiger partial charge in [0.05, 0.1) is 15.1 Å². The summed E-state index contributed by atoms with van der Waals surface area (Å²) in [6.45, 7) is 0. The topological polar surface area (TPSA) is 12.4 Å². The van der Waals surface area contributed by atoms with Crippen LogP contribution in [-0.4, -0.2) is 11.3 Å². The Kier molecular flexibility index (Phi) is 3.78. The average molecular weight is 256 g/mol. The van der Waals surface area contributed by atoms with Crippen LogP contribution in [0.5, 0.6) is 0 Å². The molecule has 0 spiro atoms. The van der Waals surface area contributed by atoms with Gasteiger partial charge in [-0.05, 0) is 18.4 Å². The Bertz CT molecular complexity index is 426. The number of halogens is 1. The van der Waals surface area contributed by atoms with E-state index in [1.54, 1.807) is 23.5 Å². The number of hydrogen-bond donors (Lipinski definition) is 0. The zero-order chi connectivity index (χ0) is 10.7. The minimum atomic E-state index is 0.821. The summed E-state index contributed by atoms with van der Waals surface area (Å²) in [5.41, 5.74) is 1.01. The summed E-state index contributed by atoms with van der Waals surface area (Å²) < 4.78 is 0.823. The van der Waals surface area contributed by atoms with Crippen molar-refractivity contribution >= 4 is 45.9 Å². The molecule has 0 amide bonds. The Hall–Kier alpha value is -0.380. The number of aliphatic imine (C=N–C) groups is 1. The van der Waals surface area contributed by atoms with Crippen LogP contribution in [0.4, 0.5) is 5.69 Å². The van der Waals surface area contributed by atoms with Gasteiger partial charge < -0.3 is 0 Å². The first-order chi connectivity index (χ1) is 7.29. The van der Waals surface area contributed by atoms with Gasteiger partial charge in [-0.15, -0.1) is 11.8 Å². The molecule has 1 aromatic carbocycles. The van der Waals surface area contributed by atoms with E-state index in [0.29, 0.717) is 0 Å². The lowest BCUT2D eigenvalue weighted by Crippen LogP contribution is -1.91. The molecule has 2 rings (SSSR count). The molecule has 0 unspecified atom stereocenters. The molecule has 0 radical (unpaired) electrons. The first kappa shape index (κ1) is 11.1. The Morgan fingerprint density at radius 1 is 1.40 bits per heavy atom. The third-order valence-electron chi connectivity index (χ3n) is 1.99.